The molecule has 456 valence electrons. The Hall–Kier alpha value is -9.16. The molecule has 2 N–H and O–H groups in total. The van der Waals surface area contributed by atoms with Crippen molar-refractivity contribution in [1.29, 1.82) is 0 Å². The zero-order valence-corrected chi connectivity index (χ0v) is 52.0. The monoisotopic (exact) mass is 1180 g/mol. The highest BCUT2D eigenvalue weighted by atomic mass is 16.5. The molecular formula is C76H82N2O10. The molecule has 0 saturated heterocycles. The number of carboxylic acids is 2. The maximum absolute atomic E-state index is 15.3. The zero-order chi connectivity index (χ0) is 62.4. The molecule has 0 aliphatic heterocycles. The summed E-state index contributed by atoms with van der Waals surface area (Å²) in [6.45, 7) is 17.1. The third kappa shape index (κ3) is 16.7. The molecule has 0 aromatic heterocycles. The van der Waals surface area contributed by atoms with Crippen molar-refractivity contribution < 1.29 is 48.3 Å². The summed E-state index contributed by atoms with van der Waals surface area (Å²) >= 11 is 0. The summed E-state index contributed by atoms with van der Waals surface area (Å²) in [5.74, 6) is -0.201. The van der Waals surface area contributed by atoms with Crippen molar-refractivity contribution >= 4 is 23.8 Å². The maximum Gasteiger partial charge on any atom is 0.307 e. The molecule has 8 aromatic rings. The first-order chi connectivity index (χ1) is 42.3. The number of nitrogens with zero attached hydrogens (tertiary/aromatic N) is 2. The van der Waals surface area contributed by atoms with Crippen LogP contribution in [0.5, 0.6) is 23.0 Å². The standard InChI is InChI=1S/C76H82N2O10/c1-49(2)77(50(3)4)73(79)41-69-57-29-58-34-66(86-46-54-23-15-10-16-24-54)36-60(70(58)42-74(80)78(51(5)6)52(7)8)31-62-38-68(88-48-56-27-19-12-20-28-56)40-64(72(62)44-76(83)84)32-63-39-67(87-47-55-25-17-11-18-26-55)37-61(71(63)43-75(81)82)30-59(69)35-65(33-57)85-45-53-21-13-9-14-22-53/h9-28,33-40,49-52H,29-32,41-48H2,1-8H3,(H,81,82)(H,83,84). The quantitative estimate of drug-likeness (QED) is 0.0598. The molecule has 0 spiro atoms. The van der Waals surface area contributed by atoms with Gasteiger partial charge < -0.3 is 39.0 Å². The van der Waals surface area contributed by atoms with Gasteiger partial charge in [0, 0.05) is 24.2 Å². The van der Waals surface area contributed by atoms with E-state index in [0.717, 1.165) is 55.6 Å². The first-order valence-corrected chi connectivity index (χ1v) is 30.7. The average Bonchev–Trinajstić information content (AvgIpc) is 1.41. The van der Waals surface area contributed by atoms with Gasteiger partial charge in [0.2, 0.25) is 11.8 Å². The van der Waals surface area contributed by atoms with Crippen LogP contribution >= 0.6 is 0 Å². The Balaban J connectivity index is 1.38. The van der Waals surface area contributed by atoms with Gasteiger partial charge in [-0.05, 0) is 219 Å². The fourth-order valence-electron chi connectivity index (χ4n) is 12.5. The minimum atomic E-state index is -1.05. The topological polar surface area (TPSA) is 152 Å². The van der Waals surface area contributed by atoms with Crippen LogP contribution in [0.25, 0.3) is 0 Å². The van der Waals surface area contributed by atoms with Crippen molar-refractivity contribution in [2.45, 2.75) is 157 Å². The summed E-state index contributed by atoms with van der Waals surface area (Å²) in [7, 11) is 0. The molecular weight excluding hydrogens is 1100 g/mol. The lowest BCUT2D eigenvalue weighted by atomic mass is 9.82. The largest absolute Gasteiger partial charge is 0.489 e. The highest BCUT2D eigenvalue weighted by Crippen LogP contribution is 2.39. The Kier molecular flexibility index (Phi) is 21.2. The number of hydrogen-bond acceptors (Lipinski definition) is 8. The summed E-state index contributed by atoms with van der Waals surface area (Å²) in [5, 5.41) is 22.0. The van der Waals surface area contributed by atoms with Gasteiger partial charge in [0.15, 0.2) is 0 Å². The van der Waals surface area contributed by atoms with Crippen LogP contribution in [0.2, 0.25) is 0 Å². The third-order valence-electron chi connectivity index (χ3n) is 16.3. The summed E-state index contributed by atoms with van der Waals surface area (Å²) in [6.07, 6.45) is -0.120. The van der Waals surface area contributed by atoms with E-state index in [9.17, 15) is 19.8 Å². The maximum atomic E-state index is 15.3. The van der Waals surface area contributed by atoms with E-state index < -0.39 is 11.9 Å². The molecule has 0 radical (unpaired) electrons. The molecule has 8 aromatic carbocycles. The lowest BCUT2D eigenvalue weighted by molar-refractivity contribution is -0.137. The van der Waals surface area contributed by atoms with E-state index in [1.807, 2.05) is 235 Å². The van der Waals surface area contributed by atoms with Crippen LogP contribution in [0.1, 0.15) is 144 Å². The second-order valence-electron chi connectivity index (χ2n) is 24.2. The van der Waals surface area contributed by atoms with Crippen LogP contribution in [-0.2, 0) is 97.0 Å². The number of carboxylic acid groups (broad SMARTS) is 2. The number of carbonyl (C=O) groups excluding carboxylic acids is 2. The number of hydrogen-bond donors (Lipinski definition) is 2. The van der Waals surface area contributed by atoms with Crippen LogP contribution in [-0.4, -0.2) is 67.9 Å². The van der Waals surface area contributed by atoms with Crippen molar-refractivity contribution in [2.24, 2.45) is 0 Å². The van der Waals surface area contributed by atoms with Crippen molar-refractivity contribution in [3.8, 4) is 23.0 Å². The van der Waals surface area contributed by atoms with E-state index in [1.165, 1.54) is 0 Å². The second-order valence-corrected chi connectivity index (χ2v) is 24.2. The van der Waals surface area contributed by atoms with E-state index >= 15 is 9.59 Å². The van der Waals surface area contributed by atoms with Gasteiger partial charge in [-0.25, -0.2) is 0 Å². The van der Waals surface area contributed by atoms with E-state index in [1.54, 1.807) is 0 Å². The Morgan fingerprint density at radius 1 is 0.330 bits per heavy atom. The molecule has 0 saturated carbocycles. The van der Waals surface area contributed by atoms with Crippen LogP contribution in [0.15, 0.2) is 170 Å². The fourth-order valence-corrected chi connectivity index (χ4v) is 12.5. The van der Waals surface area contributed by atoms with Crippen LogP contribution in [0, 0.1) is 0 Å². The molecule has 0 fully saturated rings. The molecule has 1 aliphatic carbocycles. The predicted molar refractivity (Wildman–Crippen MR) is 344 cm³/mol. The highest BCUT2D eigenvalue weighted by Gasteiger charge is 2.30. The number of amides is 2. The van der Waals surface area contributed by atoms with E-state index in [-0.39, 0.29) is 114 Å². The van der Waals surface area contributed by atoms with E-state index in [2.05, 4.69) is 0 Å². The Bertz CT molecular complexity index is 3450. The Morgan fingerprint density at radius 2 is 0.523 bits per heavy atom. The van der Waals surface area contributed by atoms with Gasteiger partial charge in [-0.2, -0.15) is 0 Å². The normalized spacial score (nSPS) is 12.0. The third-order valence-corrected chi connectivity index (χ3v) is 16.3. The minimum absolute atomic E-state index is 0.0000202. The van der Waals surface area contributed by atoms with Crippen LogP contribution < -0.4 is 18.9 Å². The fraction of sp³-hybridized carbons (Fsp3) is 0.316. The summed E-state index contributed by atoms with van der Waals surface area (Å²) in [6, 6.07) is 54.5. The second kappa shape index (κ2) is 29.5. The van der Waals surface area contributed by atoms with Gasteiger partial charge in [-0.15, -0.1) is 0 Å². The van der Waals surface area contributed by atoms with Crippen molar-refractivity contribution in [3.63, 3.8) is 0 Å². The summed E-state index contributed by atoms with van der Waals surface area (Å²) in [4.78, 5) is 61.2. The molecule has 12 heteroatoms. The Labute approximate surface area is 518 Å². The van der Waals surface area contributed by atoms with Crippen LogP contribution in [0.3, 0.4) is 0 Å². The number of rotatable bonds is 24. The van der Waals surface area contributed by atoms with Gasteiger partial charge in [-0.3, -0.25) is 19.2 Å². The summed E-state index contributed by atoms with van der Waals surface area (Å²) < 4.78 is 27.0. The number of benzene rings is 8. The molecule has 8 bridgehead atoms. The Morgan fingerprint density at radius 3 is 0.705 bits per heavy atom. The lowest BCUT2D eigenvalue weighted by Crippen LogP contribution is -2.43. The molecule has 9 rings (SSSR count). The molecule has 0 unspecified atom stereocenters. The van der Waals surface area contributed by atoms with Gasteiger partial charge in [0.1, 0.15) is 49.4 Å². The molecule has 2 amide bonds. The van der Waals surface area contributed by atoms with Gasteiger partial charge in [0.25, 0.3) is 0 Å². The molecule has 1 aliphatic rings. The highest BCUT2D eigenvalue weighted by molar-refractivity contribution is 5.82. The predicted octanol–water partition coefficient (Wildman–Crippen LogP) is 14.3. The van der Waals surface area contributed by atoms with Gasteiger partial charge in [-0.1, -0.05) is 121 Å². The molecule has 0 atom stereocenters. The van der Waals surface area contributed by atoms with Crippen molar-refractivity contribution in [1.82, 2.24) is 9.80 Å². The number of aliphatic carboxylic acids is 2. The molecule has 12 nitrogen and oxygen atoms in total. The zero-order valence-electron chi connectivity index (χ0n) is 52.0. The van der Waals surface area contributed by atoms with E-state index in [4.69, 9.17) is 18.9 Å². The minimum Gasteiger partial charge on any atom is -0.489 e. The average molecular weight is 1180 g/mol. The SMILES string of the molecule is CC(C)N(C(=O)Cc1c2cc(OCc3ccccc3)cc1Cc1cc(OCc3ccccc3)cc(c1CC(=O)N(C(C)C)C(C)C)Cc1cc(OCc3ccccc3)cc(c1CC(=O)O)Cc1cc(OCc3ccccc3)cc(c1CC(=O)O)C2)C(C)C. The number of fused-ring (bicyclic) bond motifs is 8. The summed E-state index contributed by atoms with van der Waals surface area (Å²) in [5.41, 5.74) is 12.0. The number of ether oxygens (including phenoxy) is 4. The van der Waals surface area contributed by atoms with Crippen molar-refractivity contribution in [3.05, 3.63) is 259 Å². The first kappa shape index (κ1) is 63.3. The van der Waals surface area contributed by atoms with E-state index in [0.29, 0.717) is 56.4 Å². The first-order valence-electron chi connectivity index (χ1n) is 30.7. The lowest BCUT2D eigenvalue weighted by Gasteiger charge is -2.32. The van der Waals surface area contributed by atoms with Gasteiger partial charge in [0.05, 0.1) is 25.7 Å². The number of carbonyl (C=O) groups is 4. The smallest absolute Gasteiger partial charge is 0.307 e. The molecule has 0 heterocycles. The van der Waals surface area contributed by atoms with Crippen LogP contribution in [0.4, 0.5) is 0 Å². The van der Waals surface area contributed by atoms with Crippen molar-refractivity contribution in [2.75, 3.05) is 0 Å². The molecule has 88 heavy (non-hydrogen) atoms. The van der Waals surface area contributed by atoms with Gasteiger partial charge >= 0.3 is 11.9 Å².